The number of benzene rings is 1. The van der Waals surface area contributed by atoms with Crippen molar-refractivity contribution in [3.8, 4) is 0 Å². The van der Waals surface area contributed by atoms with Crippen molar-refractivity contribution in [1.29, 1.82) is 0 Å². The van der Waals surface area contributed by atoms with Crippen LogP contribution in [0.5, 0.6) is 0 Å². The minimum absolute atomic E-state index is 0.457. The van der Waals surface area contributed by atoms with Gasteiger partial charge in [-0.1, -0.05) is 36.8 Å². The predicted molar refractivity (Wildman–Crippen MR) is 54.1 cm³/mol. The highest BCUT2D eigenvalue weighted by Crippen LogP contribution is 2.43. The lowest BCUT2D eigenvalue weighted by atomic mass is 9.65. The summed E-state index contributed by atoms with van der Waals surface area (Å²) in [6.45, 7) is 0. The van der Waals surface area contributed by atoms with Crippen molar-refractivity contribution in [2.24, 2.45) is 5.41 Å². The van der Waals surface area contributed by atoms with E-state index in [0.717, 1.165) is 24.8 Å². The van der Waals surface area contributed by atoms with Crippen LogP contribution in [0.4, 0.5) is 0 Å². The highest BCUT2D eigenvalue weighted by Gasteiger charge is 2.44. The van der Waals surface area contributed by atoms with Crippen LogP contribution in [0.3, 0.4) is 0 Å². The Balaban J connectivity index is 2.13. The van der Waals surface area contributed by atoms with E-state index in [1.54, 1.807) is 0 Å². The predicted octanol–water partition coefficient (Wildman–Crippen LogP) is 2.48. The molecule has 1 aromatic carbocycles. The van der Waals surface area contributed by atoms with Gasteiger partial charge in [-0.2, -0.15) is 0 Å². The second kappa shape index (κ2) is 3.45. The molecule has 0 unspecified atom stereocenters. The molecule has 1 aliphatic rings. The smallest absolute Gasteiger partial charge is 0.309 e. The summed E-state index contributed by atoms with van der Waals surface area (Å²) in [5.41, 5.74) is 0.677. The van der Waals surface area contributed by atoms with E-state index in [4.69, 9.17) is 5.11 Å². The molecule has 0 bridgehead atoms. The maximum atomic E-state index is 11.1. The van der Waals surface area contributed by atoms with Crippen LogP contribution in [0.2, 0.25) is 0 Å². The molecule has 0 aliphatic heterocycles. The van der Waals surface area contributed by atoms with Gasteiger partial charge < -0.3 is 5.11 Å². The first-order valence-electron chi connectivity index (χ1n) is 5.00. The maximum absolute atomic E-state index is 11.1. The Bertz CT molecular complexity index is 325. The Morgan fingerprint density at radius 2 is 1.93 bits per heavy atom. The number of hydrogen-bond donors (Lipinski definition) is 1. The van der Waals surface area contributed by atoms with E-state index in [1.807, 2.05) is 30.3 Å². The van der Waals surface area contributed by atoms with Gasteiger partial charge in [-0.15, -0.1) is 0 Å². The summed E-state index contributed by atoms with van der Waals surface area (Å²) in [6.07, 6.45) is 3.40. The fourth-order valence-electron chi connectivity index (χ4n) is 2.06. The molecule has 2 rings (SSSR count). The molecule has 1 aliphatic carbocycles. The van der Waals surface area contributed by atoms with E-state index >= 15 is 0 Å². The van der Waals surface area contributed by atoms with Crippen LogP contribution in [0.1, 0.15) is 24.8 Å². The quantitative estimate of drug-likeness (QED) is 0.795. The van der Waals surface area contributed by atoms with Crippen molar-refractivity contribution in [3.05, 3.63) is 35.9 Å². The number of aliphatic carboxylic acids is 1. The molecule has 0 aromatic heterocycles. The summed E-state index contributed by atoms with van der Waals surface area (Å²) in [4.78, 5) is 11.1. The van der Waals surface area contributed by atoms with Gasteiger partial charge >= 0.3 is 5.97 Å². The largest absolute Gasteiger partial charge is 0.481 e. The third kappa shape index (κ3) is 1.52. The number of carboxylic acid groups (broad SMARTS) is 1. The number of rotatable bonds is 3. The van der Waals surface area contributed by atoms with Gasteiger partial charge in [0.05, 0.1) is 5.41 Å². The van der Waals surface area contributed by atoms with Crippen LogP contribution in [-0.4, -0.2) is 11.1 Å². The molecule has 1 aromatic rings. The summed E-state index contributed by atoms with van der Waals surface area (Å²) < 4.78 is 0. The summed E-state index contributed by atoms with van der Waals surface area (Å²) >= 11 is 0. The van der Waals surface area contributed by atoms with Gasteiger partial charge in [0, 0.05) is 0 Å². The van der Waals surface area contributed by atoms with E-state index in [1.165, 1.54) is 0 Å². The molecule has 74 valence electrons. The van der Waals surface area contributed by atoms with Gasteiger partial charge in [-0.05, 0) is 24.8 Å². The second-order valence-corrected chi connectivity index (χ2v) is 4.10. The molecule has 0 radical (unpaired) electrons. The molecular weight excluding hydrogens is 176 g/mol. The van der Waals surface area contributed by atoms with Gasteiger partial charge in [0.1, 0.15) is 0 Å². The van der Waals surface area contributed by atoms with Crippen molar-refractivity contribution in [2.45, 2.75) is 25.7 Å². The van der Waals surface area contributed by atoms with Crippen molar-refractivity contribution in [1.82, 2.24) is 0 Å². The average Bonchev–Trinajstić information content (AvgIpc) is 2.12. The highest BCUT2D eigenvalue weighted by molar-refractivity contribution is 5.76. The number of carboxylic acids is 1. The van der Waals surface area contributed by atoms with E-state index in [0.29, 0.717) is 6.42 Å². The molecule has 0 spiro atoms. The standard InChI is InChI=1S/C12H14O2/c13-11(14)12(7-4-8-12)9-10-5-2-1-3-6-10/h1-3,5-6H,4,7-9H2,(H,13,14). The molecule has 14 heavy (non-hydrogen) atoms. The zero-order chi connectivity index (χ0) is 10.0. The van der Waals surface area contributed by atoms with Crippen LogP contribution >= 0.6 is 0 Å². The van der Waals surface area contributed by atoms with E-state index in [2.05, 4.69) is 0 Å². The minimum atomic E-state index is -0.632. The summed E-state index contributed by atoms with van der Waals surface area (Å²) in [6, 6.07) is 9.89. The first-order valence-corrected chi connectivity index (χ1v) is 5.00. The van der Waals surface area contributed by atoms with Crippen LogP contribution in [0.15, 0.2) is 30.3 Å². The van der Waals surface area contributed by atoms with Gasteiger partial charge in [-0.25, -0.2) is 0 Å². The monoisotopic (exact) mass is 190 g/mol. The van der Waals surface area contributed by atoms with E-state index in [-0.39, 0.29) is 0 Å². The lowest BCUT2D eigenvalue weighted by molar-refractivity contribution is -0.154. The topological polar surface area (TPSA) is 37.3 Å². The molecule has 2 heteroatoms. The normalized spacial score (nSPS) is 18.6. The Kier molecular flexibility index (Phi) is 2.28. The SMILES string of the molecule is O=C(O)C1(Cc2ccccc2)CCC1. The molecule has 0 saturated heterocycles. The zero-order valence-electron chi connectivity index (χ0n) is 8.07. The van der Waals surface area contributed by atoms with Crippen molar-refractivity contribution < 1.29 is 9.90 Å². The number of carbonyl (C=O) groups is 1. The fourth-order valence-corrected chi connectivity index (χ4v) is 2.06. The molecular formula is C12H14O2. The Labute approximate surface area is 83.6 Å². The van der Waals surface area contributed by atoms with Crippen LogP contribution in [0, 0.1) is 5.41 Å². The summed E-state index contributed by atoms with van der Waals surface area (Å²) in [5.74, 6) is -0.632. The fraction of sp³-hybridized carbons (Fsp3) is 0.417. The molecule has 0 heterocycles. The first kappa shape index (κ1) is 9.25. The average molecular weight is 190 g/mol. The van der Waals surface area contributed by atoms with Crippen molar-refractivity contribution >= 4 is 5.97 Å². The molecule has 0 amide bonds. The van der Waals surface area contributed by atoms with E-state index in [9.17, 15) is 4.79 Å². The zero-order valence-corrected chi connectivity index (χ0v) is 8.07. The van der Waals surface area contributed by atoms with Gasteiger partial charge in [0.15, 0.2) is 0 Å². The highest BCUT2D eigenvalue weighted by atomic mass is 16.4. The Hall–Kier alpha value is -1.31. The van der Waals surface area contributed by atoms with Crippen molar-refractivity contribution in [2.75, 3.05) is 0 Å². The van der Waals surface area contributed by atoms with Crippen LogP contribution in [-0.2, 0) is 11.2 Å². The van der Waals surface area contributed by atoms with Crippen LogP contribution < -0.4 is 0 Å². The molecule has 1 fully saturated rings. The minimum Gasteiger partial charge on any atom is -0.481 e. The third-order valence-corrected chi connectivity index (χ3v) is 3.15. The molecule has 2 nitrogen and oxygen atoms in total. The second-order valence-electron chi connectivity index (χ2n) is 4.10. The summed E-state index contributed by atoms with van der Waals surface area (Å²) in [7, 11) is 0. The maximum Gasteiger partial charge on any atom is 0.309 e. The van der Waals surface area contributed by atoms with Gasteiger partial charge in [-0.3, -0.25) is 4.79 Å². The molecule has 1 N–H and O–H groups in total. The van der Waals surface area contributed by atoms with Crippen molar-refractivity contribution in [3.63, 3.8) is 0 Å². The van der Waals surface area contributed by atoms with Gasteiger partial charge in [0.25, 0.3) is 0 Å². The Morgan fingerprint density at radius 3 is 2.36 bits per heavy atom. The lowest BCUT2D eigenvalue weighted by Gasteiger charge is -2.37. The Morgan fingerprint density at radius 1 is 1.29 bits per heavy atom. The lowest BCUT2D eigenvalue weighted by Crippen LogP contribution is -2.39. The van der Waals surface area contributed by atoms with E-state index < -0.39 is 11.4 Å². The molecule has 0 atom stereocenters. The summed E-state index contributed by atoms with van der Waals surface area (Å²) in [5, 5.41) is 9.15. The first-order chi connectivity index (χ1) is 6.73. The molecule has 1 saturated carbocycles. The third-order valence-electron chi connectivity index (χ3n) is 3.15. The van der Waals surface area contributed by atoms with Gasteiger partial charge in [0.2, 0.25) is 0 Å². The number of hydrogen-bond acceptors (Lipinski definition) is 1. The van der Waals surface area contributed by atoms with Crippen LogP contribution in [0.25, 0.3) is 0 Å².